The Hall–Kier alpha value is -2.13. The Balaban J connectivity index is 1.57. The van der Waals surface area contributed by atoms with E-state index in [4.69, 9.17) is 9.47 Å². The maximum atomic E-state index is 12.9. The summed E-state index contributed by atoms with van der Waals surface area (Å²) >= 11 is 1.01. The summed E-state index contributed by atoms with van der Waals surface area (Å²) in [7, 11) is 0. The minimum Gasteiger partial charge on any atom is -0.508 e. The molecule has 2 aliphatic rings. The Morgan fingerprint density at radius 2 is 1.95 bits per heavy atom. The minimum absolute atomic E-state index is 0.123. The molecule has 2 heterocycles. The van der Waals surface area contributed by atoms with Gasteiger partial charge in [-0.25, -0.2) is 4.79 Å². The highest BCUT2D eigenvalue weighted by atomic mass is 32.2. The van der Waals surface area contributed by atoms with Crippen LogP contribution in [0.1, 0.15) is 43.5 Å². The van der Waals surface area contributed by atoms with Crippen LogP contribution in [0.5, 0.6) is 11.5 Å². The molecule has 8 N–H and O–H groups in total. The van der Waals surface area contributed by atoms with Crippen molar-refractivity contribution in [1.82, 2.24) is 10.6 Å². The molecule has 0 aromatic heterocycles. The molecule has 3 rings (SSSR count). The lowest BCUT2D eigenvalue weighted by atomic mass is 9.92. The number of nitrogens with one attached hydrogen (secondary N) is 2. The molecule has 0 radical (unpaired) electrons. The SMILES string of the molecule is CCC[C@H]1CN[C@H](C(=O)N[C@@H]([C@H]2O[C@H](SCCOC(=O)c3ccc(O)cc3O)[C@H](O)[C@@H](O)[C@H]2O)[C@@H](C)O)C1. The number of phenolic OH excluding ortho intramolecular Hbond substituents is 2. The molecule has 2 saturated heterocycles. The summed E-state index contributed by atoms with van der Waals surface area (Å²) in [6, 6.07) is 1.94. The first kappa shape index (κ1) is 30.4. The van der Waals surface area contributed by atoms with Gasteiger partial charge >= 0.3 is 5.97 Å². The van der Waals surface area contributed by atoms with Gasteiger partial charge in [-0.2, -0.15) is 0 Å². The van der Waals surface area contributed by atoms with Gasteiger partial charge in [0.2, 0.25) is 5.91 Å². The van der Waals surface area contributed by atoms with Crippen molar-refractivity contribution in [1.29, 1.82) is 0 Å². The molecule has 1 amide bonds. The molecule has 0 saturated carbocycles. The highest BCUT2D eigenvalue weighted by Gasteiger charge is 2.48. The highest BCUT2D eigenvalue weighted by Crippen LogP contribution is 2.31. The number of phenols is 2. The molecule has 12 nitrogen and oxygen atoms in total. The lowest BCUT2D eigenvalue weighted by Crippen LogP contribution is -2.65. The second kappa shape index (κ2) is 13.8. The van der Waals surface area contributed by atoms with Gasteiger partial charge in [-0.1, -0.05) is 13.3 Å². The number of aliphatic hydroxyl groups excluding tert-OH is 4. The molecule has 0 unspecified atom stereocenters. The number of aliphatic hydroxyl groups is 4. The number of aromatic hydroxyl groups is 2. The van der Waals surface area contributed by atoms with Crippen molar-refractivity contribution >= 4 is 23.6 Å². The van der Waals surface area contributed by atoms with Crippen LogP contribution in [0.15, 0.2) is 18.2 Å². The summed E-state index contributed by atoms with van der Waals surface area (Å²) in [6.07, 6.45) is -4.38. The predicted octanol–water partition coefficient (Wildman–Crippen LogP) is -0.561. The van der Waals surface area contributed by atoms with E-state index < -0.39 is 59.8 Å². The van der Waals surface area contributed by atoms with E-state index in [9.17, 15) is 40.2 Å². The molecule has 2 fully saturated rings. The van der Waals surface area contributed by atoms with E-state index in [0.717, 1.165) is 30.7 Å². The van der Waals surface area contributed by atoms with Gasteiger partial charge in [0, 0.05) is 11.8 Å². The number of carbonyl (C=O) groups excluding carboxylic acids is 2. The second-order valence-electron chi connectivity index (χ2n) is 9.78. The Labute approximate surface area is 225 Å². The monoisotopic (exact) mass is 558 g/mol. The Morgan fingerprint density at radius 3 is 2.61 bits per heavy atom. The van der Waals surface area contributed by atoms with Crippen molar-refractivity contribution in [2.24, 2.45) is 5.92 Å². The van der Waals surface area contributed by atoms with Crippen molar-refractivity contribution in [2.75, 3.05) is 18.9 Å². The molecule has 2 aliphatic heterocycles. The largest absolute Gasteiger partial charge is 0.508 e. The molecule has 1 aromatic carbocycles. The van der Waals surface area contributed by atoms with Crippen molar-refractivity contribution in [3.63, 3.8) is 0 Å². The van der Waals surface area contributed by atoms with Gasteiger partial charge in [0.05, 0.1) is 18.2 Å². The zero-order valence-corrected chi connectivity index (χ0v) is 22.2. The zero-order chi connectivity index (χ0) is 28.0. The summed E-state index contributed by atoms with van der Waals surface area (Å²) in [6.45, 7) is 4.09. The maximum Gasteiger partial charge on any atom is 0.341 e. The average molecular weight is 559 g/mol. The molecule has 214 valence electrons. The number of thioether (sulfide) groups is 1. The summed E-state index contributed by atoms with van der Waals surface area (Å²) in [5.41, 5.74) is -1.19. The smallest absolute Gasteiger partial charge is 0.341 e. The lowest BCUT2D eigenvalue weighted by Gasteiger charge is -2.44. The van der Waals surface area contributed by atoms with Crippen LogP contribution in [-0.2, 0) is 14.3 Å². The molecule has 0 aliphatic carbocycles. The molecule has 9 atom stereocenters. The second-order valence-corrected chi connectivity index (χ2v) is 11.0. The van der Waals surface area contributed by atoms with Crippen molar-refractivity contribution in [3.8, 4) is 11.5 Å². The maximum absolute atomic E-state index is 12.9. The number of carbonyl (C=O) groups is 2. The van der Waals surface area contributed by atoms with Gasteiger partial charge in [-0.3, -0.25) is 4.79 Å². The normalized spacial score (nSPS) is 30.9. The van der Waals surface area contributed by atoms with Crippen molar-refractivity contribution < 1.29 is 49.7 Å². The van der Waals surface area contributed by atoms with Gasteiger partial charge in [-0.15, -0.1) is 11.8 Å². The van der Waals surface area contributed by atoms with E-state index in [1.165, 1.54) is 19.1 Å². The van der Waals surface area contributed by atoms with Crippen LogP contribution in [0.25, 0.3) is 0 Å². The highest BCUT2D eigenvalue weighted by molar-refractivity contribution is 7.99. The fraction of sp³-hybridized carbons (Fsp3) is 0.680. The third-order valence-corrected chi connectivity index (χ3v) is 7.95. The van der Waals surface area contributed by atoms with Crippen LogP contribution in [-0.4, -0.2) is 109 Å². The van der Waals surface area contributed by atoms with Crippen LogP contribution in [0.3, 0.4) is 0 Å². The van der Waals surface area contributed by atoms with Crippen LogP contribution in [0.4, 0.5) is 0 Å². The topological polar surface area (TPSA) is 198 Å². The number of hydrogen-bond acceptors (Lipinski definition) is 12. The minimum atomic E-state index is -1.61. The van der Waals surface area contributed by atoms with Crippen molar-refractivity contribution in [3.05, 3.63) is 23.8 Å². The van der Waals surface area contributed by atoms with Gasteiger partial charge in [0.15, 0.2) is 0 Å². The van der Waals surface area contributed by atoms with E-state index in [1.807, 2.05) is 0 Å². The van der Waals surface area contributed by atoms with E-state index in [-0.39, 0.29) is 29.6 Å². The average Bonchev–Trinajstić information content (AvgIpc) is 3.34. The van der Waals surface area contributed by atoms with Crippen LogP contribution in [0, 0.1) is 5.92 Å². The van der Waals surface area contributed by atoms with Gasteiger partial charge in [-0.05, 0) is 44.4 Å². The third kappa shape index (κ3) is 7.50. The Morgan fingerprint density at radius 1 is 1.21 bits per heavy atom. The fourth-order valence-corrected chi connectivity index (χ4v) is 5.73. The van der Waals surface area contributed by atoms with Gasteiger partial charge in [0.25, 0.3) is 0 Å². The molecule has 13 heteroatoms. The van der Waals surface area contributed by atoms with E-state index in [0.29, 0.717) is 18.9 Å². The first-order valence-corrected chi connectivity index (χ1v) is 13.8. The van der Waals surface area contributed by atoms with Gasteiger partial charge < -0.3 is 50.7 Å². The van der Waals surface area contributed by atoms with E-state index in [2.05, 4.69) is 17.6 Å². The number of hydrogen-bond donors (Lipinski definition) is 8. The van der Waals surface area contributed by atoms with Crippen LogP contribution >= 0.6 is 11.8 Å². The fourth-order valence-electron chi connectivity index (χ4n) is 4.76. The predicted molar refractivity (Wildman–Crippen MR) is 138 cm³/mol. The first-order chi connectivity index (χ1) is 18.0. The molecule has 1 aromatic rings. The third-order valence-electron chi connectivity index (χ3n) is 6.82. The number of ether oxygens (including phenoxy) is 2. The van der Waals surface area contributed by atoms with E-state index in [1.54, 1.807) is 0 Å². The molecular weight excluding hydrogens is 520 g/mol. The summed E-state index contributed by atoms with van der Waals surface area (Å²) in [5, 5.41) is 67.0. The molecule has 38 heavy (non-hydrogen) atoms. The van der Waals surface area contributed by atoms with Crippen molar-refractivity contribution in [2.45, 2.75) is 81.1 Å². The lowest BCUT2D eigenvalue weighted by molar-refractivity contribution is -0.211. The Kier molecular flexibility index (Phi) is 11.0. The summed E-state index contributed by atoms with van der Waals surface area (Å²) < 4.78 is 11.0. The quantitative estimate of drug-likeness (QED) is 0.127. The number of amides is 1. The van der Waals surface area contributed by atoms with Crippen LogP contribution in [0.2, 0.25) is 0 Å². The number of esters is 1. The van der Waals surface area contributed by atoms with Crippen LogP contribution < -0.4 is 10.6 Å². The summed E-state index contributed by atoms with van der Waals surface area (Å²) in [4.78, 5) is 25.1. The molecular formula is C25H38N2O10S. The molecule has 0 spiro atoms. The first-order valence-electron chi connectivity index (χ1n) is 12.8. The number of benzene rings is 1. The zero-order valence-electron chi connectivity index (χ0n) is 21.4. The number of rotatable bonds is 11. The summed E-state index contributed by atoms with van der Waals surface area (Å²) in [5.74, 6) is -1.31. The van der Waals surface area contributed by atoms with E-state index >= 15 is 0 Å². The molecule has 0 bridgehead atoms. The van der Waals surface area contributed by atoms with Gasteiger partial charge in [0.1, 0.15) is 53.5 Å². The standard InChI is InChI=1S/C25H38N2O10S/c1-3-4-13-9-16(26-11-13)23(34)27-18(12(2)28)22-20(32)19(31)21(33)25(37-22)38-8-7-36-24(35)15-6-5-14(29)10-17(15)30/h5-6,10,12-13,16,18-22,25-26,28-33H,3-4,7-9,11H2,1-2H3,(H,27,34)/t12-,13-,16+,18-,19+,20-,21-,22-,25-/m1/s1. The Bertz CT molecular complexity index is 951.